The Labute approximate surface area is 206 Å². The molecule has 0 bridgehead atoms. The lowest BCUT2D eigenvalue weighted by Gasteiger charge is -2.32. The van der Waals surface area contributed by atoms with Crippen LogP contribution in [0.15, 0.2) is 42.5 Å². The van der Waals surface area contributed by atoms with Gasteiger partial charge in [0.05, 0.1) is 19.1 Å². The normalized spacial score (nSPS) is 12.1. The first-order chi connectivity index (χ1) is 16.0. The van der Waals surface area contributed by atoms with Crippen molar-refractivity contribution in [2.24, 2.45) is 0 Å². The van der Waals surface area contributed by atoms with Crippen molar-refractivity contribution >= 4 is 39.1 Å². The molecule has 0 spiro atoms. The molecule has 34 heavy (non-hydrogen) atoms. The van der Waals surface area contributed by atoms with Crippen LogP contribution in [-0.4, -0.2) is 57.6 Å². The molecule has 186 valence electrons. The van der Waals surface area contributed by atoms with Gasteiger partial charge in [0.1, 0.15) is 18.3 Å². The average Bonchev–Trinajstić information content (AvgIpc) is 2.79. The molecular formula is C24H32ClN3O5S. The Morgan fingerprint density at radius 3 is 2.35 bits per heavy atom. The van der Waals surface area contributed by atoms with E-state index in [9.17, 15) is 18.0 Å². The summed E-state index contributed by atoms with van der Waals surface area (Å²) in [6, 6.07) is 11.2. The fourth-order valence-corrected chi connectivity index (χ4v) is 4.33. The van der Waals surface area contributed by atoms with Crippen LogP contribution in [0.2, 0.25) is 5.02 Å². The second-order valence-corrected chi connectivity index (χ2v) is 10.4. The maximum atomic E-state index is 13.5. The van der Waals surface area contributed by atoms with Crippen molar-refractivity contribution in [2.75, 3.05) is 30.8 Å². The predicted octanol–water partition coefficient (Wildman–Crippen LogP) is 3.37. The van der Waals surface area contributed by atoms with Crippen molar-refractivity contribution in [2.45, 2.75) is 39.8 Å². The van der Waals surface area contributed by atoms with Gasteiger partial charge in [-0.05, 0) is 55.7 Å². The van der Waals surface area contributed by atoms with E-state index in [0.29, 0.717) is 17.3 Å². The Balaban J connectivity index is 2.43. The number of hydrogen-bond donors (Lipinski definition) is 1. The van der Waals surface area contributed by atoms with Crippen LogP contribution in [0.3, 0.4) is 0 Å². The van der Waals surface area contributed by atoms with Crippen LogP contribution in [0.1, 0.15) is 31.4 Å². The van der Waals surface area contributed by atoms with E-state index in [4.69, 9.17) is 16.3 Å². The van der Waals surface area contributed by atoms with E-state index in [2.05, 4.69) is 5.32 Å². The second kappa shape index (κ2) is 12.1. The molecule has 0 saturated carbocycles. The molecule has 0 aliphatic carbocycles. The van der Waals surface area contributed by atoms with Crippen molar-refractivity contribution < 1.29 is 22.7 Å². The molecule has 2 amide bonds. The molecule has 0 heterocycles. The van der Waals surface area contributed by atoms with Crippen LogP contribution in [0.4, 0.5) is 5.69 Å². The quantitative estimate of drug-likeness (QED) is 0.501. The van der Waals surface area contributed by atoms with Gasteiger partial charge in [-0.3, -0.25) is 13.9 Å². The number of carbonyl (C=O) groups excluding carboxylic acids is 2. The third-order valence-corrected chi connectivity index (χ3v) is 6.64. The van der Waals surface area contributed by atoms with Gasteiger partial charge in [0.25, 0.3) is 0 Å². The zero-order valence-electron chi connectivity index (χ0n) is 20.2. The van der Waals surface area contributed by atoms with E-state index in [1.807, 2.05) is 13.8 Å². The molecule has 10 heteroatoms. The first-order valence-electron chi connectivity index (χ1n) is 10.9. The van der Waals surface area contributed by atoms with Gasteiger partial charge in [0, 0.05) is 18.1 Å². The first kappa shape index (κ1) is 27.5. The smallest absolute Gasteiger partial charge is 0.244 e. The maximum Gasteiger partial charge on any atom is 0.244 e. The lowest BCUT2D eigenvalue weighted by Crippen LogP contribution is -2.51. The maximum absolute atomic E-state index is 13.5. The van der Waals surface area contributed by atoms with E-state index in [-0.39, 0.29) is 18.1 Å². The van der Waals surface area contributed by atoms with E-state index in [0.717, 1.165) is 28.1 Å². The number of carbonyl (C=O) groups is 2. The highest BCUT2D eigenvalue weighted by molar-refractivity contribution is 7.92. The molecule has 0 saturated heterocycles. The number of rotatable bonds is 11. The number of nitrogens with zero attached hydrogens (tertiary/aromatic N) is 2. The van der Waals surface area contributed by atoms with Crippen LogP contribution in [0.25, 0.3) is 0 Å². The van der Waals surface area contributed by atoms with Gasteiger partial charge >= 0.3 is 0 Å². The summed E-state index contributed by atoms with van der Waals surface area (Å²) >= 11 is 5.98. The topological polar surface area (TPSA) is 96.0 Å². The van der Waals surface area contributed by atoms with Gasteiger partial charge in [-0.1, -0.05) is 36.7 Å². The Morgan fingerprint density at radius 2 is 1.79 bits per heavy atom. The standard InChI is InChI=1S/C24H32ClN3O5S/c1-6-13-26-24(30)18(3)27(15-19-8-10-20(25)11-9-19)23(29)16-28(34(5,31)32)21-14-17(2)7-12-22(21)33-4/h7-12,14,18H,6,13,15-16H2,1-5H3,(H,26,30)/t18-/m1/s1. The molecule has 8 nitrogen and oxygen atoms in total. The molecule has 2 aromatic rings. The van der Waals surface area contributed by atoms with E-state index in [1.165, 1.54) is 12.0 Å². The minimum atomic E-state index is -3.85. The molecule has 0 fully saturated rings. The first-order valence-corrected chi connectivity index (χ1v) is 13.1. The number of methoxy groups -OCH3 is 1. The molecule has 2 rings (SSSR count). The molecule has 0 aliphatic rings. The molecular weight excluding hydrogens is 478 g/mol. The summed E-state index contributed by atoms with van der Waals surface area (Å²) in [6.07, 6.45) is 1.78. The monoisotopic (exact) mass is 509 g/mol. The molecule has 1 atom stereocenters. The Morgan fingerprint density at radius 1 is 1.15 bits per heavy atom. The van der Waals surface area contributed by atoms with Crippen LogP contribution in [-0.2, 0) is 26.2 Å². The second-order valence-electron chi connectivity index (χ2n) is 8.06. The SMILES string of the molecule is CCCNC(=O)[C@@H](C)N(Cc1ccc(Cl)cc1)C(=O)CN(c1cc(C)ccc1OC)S(C)(=O)=O. The van der Waals surface area contributed by atoms with Gasteiger partial charge in [-0.15, -0.1) is 0 Å². The van der Waals surface area contributed by atoms with Crippen molar-refractivity contribution in [3.8, 4) is 5.75 Å². The van der Waals surface area contributed by atoms with Gasteiger partial charge in [0.2, 0.25) is 21.8 Å². The number of sulfonamides is 1. The van der Waals surface area contributed by atoms with Crippen LogP contribution in [0, 0.1) is 6.92 Å². The highest BCUT2D eigenvalue weighted by atomic mass is 35.5. The van der Waals surface area contributed by atoms with Crippen LogP contribution < -0.4 is 14.4 Å². The summed E-state index contributed by atoms with van der Waals surface area (Å²) in [5.41, 5.74) is 1.82. The van der Waals surface area contributed by atoms with Gasteiger partial charge in [-0.2, -0.15) is 0 Å². The van der Waals surface area contributed by atoms with Gasteiger partial charge < -0.3 is 15.0 Å². The van der Waals surface area contributed by atoms with Crippen molar-refractivity contribution in [3.63, 3.8) is 0 Å². The Bertz CT molecular complexity index is 1110. The molecule has 1 N–H and O–H groups in total. The van der Waals surface area contributed by atoms with E-state index >= 15 is 0 Å². The van der Waals surface area contributed by atoms with Crippen molar-refractivity contribution in [1.82, 2.24) is 10.2 Å². The summed E-state index contributed by atoms with van der Waals surface area (Å²) in [6.45, 7) is 5.47. The fraction of sp³-hybridized carbons (Fsp3) is 0.417. The number of halogens is 1. The summed E-state index contributed by atoms with van der Waals surface area (Å²) in [5, 5.41) is 3.34. The third-order valence-electron chi connectivity index (χ3n) is 5.26. The van der Waals surface area contributed by atoms with Crippen LogP contribution in [0.5, 0.6) is 5.75 Å². The van der Waals surface area contributed by atoms with E-state index < -0.39 is 28.5 Å². The highest BCUT2D eigenvalue weighted by Gasteiger charge is 2.31. The lowest BCUT2D eigenvalue weighted by molar-refractivity contribution is -0.139. The molecule has 0 radical (unpaired) electrons. The number of amides is 2. The molecule has 0 unspecified atom stereocenters. The number of benzene rings is 2. The zero-order valence-corrected chi connectivity index (χ0v) is 21.7. The number of nitrogens with one attached hydrogen (secondary N) is 1. The Kier molecular flexibility index (Phi) is 9.76. The minimum Gasteiger partial charge on any atom is -0.495 e. The fourth-order valence-electron chi connectivity index (χ4n) is 3.35. The predicted molar refractivity (Wildman–Crippen MR) is 135 cm³/mol. The number of aryl methyl sites for hydroxylation is 1. The summed E-state index contributed by atoms with van der Waals surface area (Å²) in [5.74, 6) is -0.520. The van der Waals surface area contributed by atoms with E-state index in [1.54, 1.807) is 49.4 Å². The number of hydrogen-bond acceptors (Lipinski definition) is 5. The summed E-state index contributed by atoms with van der Waals surface area (Å²) < 4.78 is 31.8. The van der Waals surface area contributed by atoms with Gasteiger partial charge in [-0.25, -0.2) is 8.42 Å². The third kappa shape index (κ3) is 7.36. The van der Waals surface area contributed by atoms with Crippen molar-refractivity contribution in [1.29, 1.82) is 0 Å². The average molecular weight is 510 g/mol. The molecule has 0 aliphatic heterocycles. The van der Waals surface area contributed by atoms with Crippen LogP contribution >= 0.6 is 11.6 Å². The summed E-state index contributed by atoms with van der Waals surface area (Å²) in [7, 11) is -2.41. The Hall–Kier alpha value is -2.78. The van der Waals surface area contributed by atoms with Crippen molar-refractivity contribution in [3.05, 3.63) is 58.6 Å². The molecule has 0 aromatic heterocycles. The lowest BCUT2D eigenvalue weighted by atomic mass is 10.1. The molecule has 2 aromatic carbocycles. The number of anilines is 1. The van der Waals surface area contributed by atoms with Gasteiger partial charge in [0.15, 0.2) is 0 Å². The largest absolute Gasteiger partial charge is 0.495 e. The minimum absolute atomic E-state index is 0.110. The highest BCUT2D eigenvalue weighted by Crippen LogP contribution is 2.31. The zero-order chi connectivity index (χ0) is 25.5. The number of ether oxygens (including phenoxy) is 1. The summed E-state index contributed by atoms with van der Waals surface area (Å²) in [4.78, 5) is 27.6.